The van der Waals surface area contributed by atoms with Gasteiger partial charge >= 0.3 is 0 Å². The van der Waals surface area contributed by atoms with Crippen molar-refractivity contribution in [3.63, 3.8) is 0 Å². The van der Waals surface area contributed by atoms with Crippen molar-refractivity contribution in [2.24, 2.45) is 0 Å². The summed E-state index contributed by atoms with van der Waals surface area (Å²) < 4.78 is 38.2. The fraction of sp³-hybridized carbons (Fsp3) is 0.300. The molecule has 1 aliphatic heterocycles. The molecule has 2 aromatic rings. The molecular formula is C20H22N2O6S. The molecule has 2 aromatic carbocycles. The van der Waals surface area contributed by atoms with Gasteiger partial charge in [-0.15, -0.1) is 0 Å². The Balaban J connectivity index is 1.42. The summed E-state index contributed by atoms with van der Waals surface area (Å²) in [5.74, 6) is 0.846. The largest absolute Gasteiger partial charge is 0.486 e. The molecule has 3 rings (SSSR count). The third kappa shape index (κ3) is 5.55. The van der Waals surface area contributed by atoms with Crippen molar-refractivity contribution in [1.29, 1.82) is 0 Å². The van der Waals surface area contributed by atoms with Gasteiger partial charge in [0.15, 0.2) is 17.3 Å². The van der Waals surface area contributed by atoms with Crippen molar-refractivity contribution in [3.05, 3.63) is 54.1 Å². The molecule has 154 valence electrons. The highest BCUT2D eigenvalue weighted by atomic mass is 32.2. The summed E-state index contributed by atoms with van der Waals surface area (Å²) in [5, 5.41) is 2.71. The molecule has 8 nitrogen and oxygen atoms in total. The standard InChI is InChI=1S/C20H22N2O6S/c1-14(23)15-6-8-17(9-7-15)29(25,26)22-11-10-20(24)21-12-16-13-27-18-4-2-3-5-19(18)28-16/h2-9,16,22H,10-13H2,1H3,(H,21,24). The number of fused-ring (bicyclic) bond motifs is 1. The second-order valence-electron chi connectivity index (χ2n) is 6.53. The van der Waals surface area contributed by atoms with E-state index < -0.39 is 10.0 Å². The lowest BCUT2D eigenvalue weighted by Crippen LogP contribution is -2.41. The summed E-state index contributed by atoms with van der Waals surface area (Å²) in [6.45, 7) is 1.93. The number of sulfonamides is 1. The average molecular weight is 418 g/mol. The Morgan fingerprint density at radius 3 is 2.45 bits per heavy atom. The number of ketones is 1. The Morgan fingerprint density at radius 1 is 1.07 bits per heavy atom. The van der Waals surface area contributed by atoms with Crippen LogP contribution in [0.3, 0.4) is 0 Å². The molecule has 1 aliphatic rings. The van der Waals surface area contributed by atoms with Gasteiger partial charge in [-0.1, -0.05) is 24.3 Å². The number of rotatable bonds is 8. The van der Waals surface area contributed by atoms with Gasteiger partial charge in [-0.3, -0.25) is 9.59 Å². The number of hydrogen-bond acceptors (Lipinski definition) is 6. The number of hydrogen-bond donors (Lipinski definition) is 2. The molecule has 0 radical (unpaired) electrons. The number of para-hydroxylation sites is 2. The Bertz CT molecular complexity index is 988. The third-order valence-corrected chi connectivity index (χ3v) is 5.79. The molecule has 0 saturated carbocycles. The first-order valence-electron chi connectivity index (χ1n) is 9.11. The number of amides is 1. The summed E-state index contributed by atoms with van der Waals surface area (Å²) in [6.07, 6.45) is -0.333. The predicted molar refractivity (Wildman–Crippen MR) is 106 cm³/mol. The minimum absolute atomic E-state index is 0.0189. The molecule has 0 bridgehead atoms. The van der Waals surface area contributed by atoms with Gasteiger partial charge in [-0.25, -0.2) is 13.1 Å². The summed E-state index contributed by atoms with van der Waals surface area (Å²) >= 11 is 0. The Labute approximate surface area is 169 Å². The summed E-state index contributed by atoms with van der Waals surface area (Å²) in [7, 11) is -3.75. The first-order chi connectivity index (χ1) is 13.8. The number of carbonyl (C=O) groups excluding carboxylic acids is 2. The number of benzene rings is 2. The van der Waals surface area contributed by atoms with Crippen LogP contribution < -0.4 is 19.5 Å². The van der Waals surface area contributed by atoms with Crippen LogP contribution in [0.15, 0.2) is 53.4 Å². The van der Waals surface area contributed by atoms with Gasteiger partial charge in [-0.05, 0) is 31.2 Å². The van der Waals surface area contributed by atoms with E-state index >= 15 is 0 Å². The topological polar surface area (TPSA) is 111 Å². The first kappa shape index (κ1) is 20.8. The maximum absolute atomic E-state index is 12.3. The van der Waals surface area contributed by atoms with Gasteiger partial charge in [0.05, 0.1) is 11.4 Å². The minimum Gasteiger partial charge on any atom is -0.486 e. The number of carbonyl (C=O) groups is 2. The molecule has 1 heterocycles. The molecule has 1 unspecified atom stereocenters. The summed E-state index contributed by atoms with van der Waals surface area (Å²) in [5.41, 5.74) is 0.430. The van der Waals surface area contributed by atoms with E-state index in [1.165, 1.54) is 31.2 Å². The van der Waals surface area contributed by atoms with Crippen LogP contribution in [0.1, 0.15) is 23.7 Å². The van der Waals surface area contributed by atoms with Gasteiger partial charge in [0.25, 0.3) is 0 Å². The lowest BCUT2D eigenvalue weighted by Gasteiger charge is -2.26. The van der Waals surface area contributed by atoms with Gasteiger partial charge in [0, 0.05) is 18.5 Å². The highest BCUT2D eigenvalue weighted by molar-refractivity contribution is 7.89. The van der Waals surface area contributed by atoms with Crippen molar-refractivity contribution < 1.29 is 27.5 Å². The van der Waals surface area contributed by atoms with E-state index in [0.29, 0.717) is 23.7 Å². The maximum atomic E-state index is 12.3. The molecule has 29 heavy (non-hydrogen) atoms. The van der Waals surface area contributed by atoms with E-state index in [-0.39, 0.29) is 42.2 Å². The van der Waals surface area contributed by atoms with E-state index in [1.807, 2.05) is 18.2 Å². The van der Waals surface area contributed by atoms with Crippen LogP contribution in [-0.2, 0) is 14.8 Å². The molecule has 0 fully saturated rings. The SMILES string of the molecule is CC(=O)c1ccc(S(=O)(=O)NCCC(=O)NCC2COc3ccccc3O2)cc1. The molecule has 0 saturated heterocycles. The van der Waals surface area contributed by atoms with Crippen LogP contribution in [0.2, 0.25) is 0 Å². The first-order valence-corrected chi connectivity index (χ1v) is 10.6. The molecule has 9 heteroatoms. The second kappa shape index (κ2) is 9.06. The lowest BCUT2D eigenvalue weighted by molar-refractivity contribution is -0.121. The van der Waals surface area contributed by atoms with Crippen molar-refractivity contribution in [1.82, 2.24) is 10.0 Å². The Hall–Kier alpha value is -2.91. The van der Waals surface area contributed by atoms with Gasteiger partial charge in [-0.2, -0.15) is 0 Å². The zero-order valence-corrected chi connectivity index (χ0v) is 16.7. The maximum Gasteiger partial charge on any atom is 0.240 e. The number of nitrogens with one attached hydrogen (secondary N) is 2. The van der Waals surface area contributed by atoms with E-state index in [9.17, 15) is 18.0 Å². The fourth-order valence-corrected chi connectivity index (χ4v) is 3.76. The van der Waals surface area contributed by atoms with Crippen molar-refractivity contribution >= 4 is 21.7 Å². The van der Waals surface area contributed by atoms with Gasteiger partial charge < -0.3 is 14.8 Å². The van der Waals surface area contributed by atoms with Crippen LogP contribution in [0.5, 0.6) is 11.5 Å². The van der Waals surface area contributed by atoms with E-state index in [0.717, 1.165) is 0 Å². The molecule has 1 amide bonds. The zero-order valence-electron chi connectivity index (χ0n) is 15.9. The van der Waals surface area contributed by atoms with Crippen molar-refractivity contribution in [3.8, 4) is 11.5 Å². The van der Waals surface area contributed by atoms with Crippen LogP contribution in [0, 0.1) is 0 Å². The Morgan fingerprint density at radius 2 is 1.76 bits per heavy atom. The minimum atomic E-state index is -3.75. The van der Waals surface area contributed by atoms with Gasteiger partial charge in [0.1, 0.15) is 12.7 Å². The summed E-state index contributed by atoms with van der Waals surface area (Å²) in [4.78, 5) is 23.3. The van der Waals surface area contributed by atoms with Crippen LogP contribution in [0.25, 0.3) is 0 Å². The normalized spacial score (nSPS) is 15.6. The smallest absolute Gasteiger partial charge is 0.240 e. The van der Waals surface area contributed by atoms with E-state index in [4.69, 9.17) is 9.47 Å². The van der Waals surface area contributed by atoms with Crippen LogP contribution in [-0.4, -0.2) is 45.9 Å². The zero-order chi connectivity index (χ0) is 20.9. The average Bonchev–Trinajstić information content (AvgIpc) is 2.72. The highest BCUT2D eigenvalue weighted by Gasteiger charge is 2.21. The molecular weight excluding hydrogens is 396 g/mol. The van der Waals surface area contributed by atoms with Crippen molar-refractivity contribution in [2.45, 2.75) is 24.3 Å². The van der Waals surface area contributed by atoms with Crippen molar-refractivity contribution in [2.75, 3.05) is 19.7 Å². The molecule has 2 N–H and O–H groups in total. The second-order valence-corrected chi connectivity index (χ2v) is 8.30. The highest BCUT2D eigenvalue weighted by Crippen LogP contribution is 2.30. The molecule has 0 aromatic heterocycles. The molecule has 0 spiro atoms. The molecule has 1 atom stereocenters. The number of ether oxygens (including phenoxy) is 2. The lowest BCUT2D eigenvalue weighted by atomic mass is 10.2. The Kier molecular flexibility index (Phi) is 6.50. The van der Waals surface area contributed by atoms with E-state index in [1.54, 1.807) is 6.07 Å². The van der Waals surface area contributed by atoms with E-state index in [2.05, 4.69) is 10.0 Å². The quantitative estimate of drug-likeness (QED) is 0.629. The van der Waals surface area contributed by atoms with Crippen LogP contribution in [0.4, 0.5) is 0 Å². The molecule has 0 aliphatic carbocycles. The monoisotopic (exact) mass is 418 g/mol. The van der Waals surface area contributed by atoms with Crippen LogP contribution >= 0.6 is 0 Å². The predicted octanol–water partition coefficient (Wildman–Crippen LogP) is 1.51. The summed E-state index contributed by atoms with van der Waals surface area (Å²) in [6, 6.07) is 12.9. The fourth-order valence-electron chi connectivity index (χ4n) is 2.73. The number of Topliss-reactive ketones (excluding diaryl/α,β-unsaturated/α-hetero) is 1. The van der Waals surface area contributed by atoms with Gasteiger partial charge in [0.2, 0.25) is 15.9 Å². The third-order valence-electron chi connectivity index (χ3n) is 4.31.